The van der Waals surface area contributed by atoms with Crippen molar-refractivity contribution in [3.8, 4) is 10.6 Å². The van der Waals surface area contributed by atoms with Crippen LogP contribution in [0.1, 0.15) is 29.6 Å². The molecule has 0 aliphatic heterocycles. The van der Waals surface area contributed by atoms with Gasteiger partial charge in [0.15, 0.2) is 5.96 Å². The summed E-state index contributed by atoms with van der Waals surface area (Å²) in [6.45, 7) is 8.22. The molecular formula is C20H27IN6S. The standard InChI is InChI=1S/C20H26N6S.HI/c1-5-21-20(23-12-18-14(2)25-26(4)15(18)3)22-11-17-13-27-19(24-17)16-9-7-6-8-10-16;/h6-10,13H,5,11-12H2,1-4H3,(H2,21,22,23);1H. The number of guanidine groups is 1. The summed E-state index contributed by atoms with van der Waals surface area (Å²) in [6, 6.07) is 10.3. The zero-order valence-corrected chi connectivity index (χ0v) is 19.8. The maximum absolute atomic E-state index is 4.72. The molecule has 0 atom stereocenters. The number of hydrogen-bond acceptors (Lipinski definition) is 4. The van der Waals surface area contributed by atoms with Crippen LogP contribution < -0.4 is 10.6 Å². The fraction of sp³-hybridized carbons (Fsp3) is 0.350. The van der Waals surface area contributed by atoms with Gasteiger partial charge in [-0.2, -0.15) is 5.10 Å². The van der Waals surface area contributed by atoms with Gasteiger partial charge in [0.2, 0.25) is 0 Å². The quantitative estimate of drug-likeness (QED) is 0.299. The predicted octanol–water partition coefficient (Wildman–Crippen LogP) is 4.03. The van der Waals surface area contributed by atoms with Crippen molar-refractivity contribution < 1.29 is 0 Å². The molecule has 3 rings (SSSR count). The lowest BCUT2D eigenvalue weighted by Gasteiger charge is -2.10. The Kier molecular flexibility index (Phi) is 8.43. The summed E-state index contributed by atoms with van der Waals surface area (Å²) in [7, 11) is 1.96. The van der Waals surface area contributed by atoms with Crippen molar-refractivity contribution in [1.29, 1.82) is 0 Å². The second kappa shape index (κ2) is 10.6. The molecule has 3 aromatic rings. The van der Waals surface area contributed by atoms with Gasteiger partial charge < -0.3 is 10.6 Å². The molecule has 0 amide bonds. The smallest absolute Gasteiger partial charge is 0.191 e. The van der Waals surface area contributed by atoms with Crippen LogP contribution in [0.4, 0.5) is 0 Å². The van der Waals surface area contributed by atoms with E-state index >= 15 is 0 Å². The van der Waals surface area contributed by atoms with Gasteiger partial charge in [-0.05, 0) is 20.8 Å². The van der Waals surface area contributed by atoms with Gasteiger partial charge in [-0.25, -0.2) is 9.98 Å². The van der Waals surface area contributed by atoms with E-state index in [1.54, 1.807) is 11.3 Å². The van der Waals surface area contributed by atoms with Gasteiger partial charge in [0.05, 0.1) is 24.5 Å². The highest BCUT2D eigenvalue weighted by Gasteiger charge is 2.09. The van der Waals surface area contributed by atoms with E-state index in [9.17, 15) is 0 Å². The number of nitrogens with one attached hydrogen (secondary N) is 2. The van der Waals surface area contributed by atoms with Crippen molar-refractivity contribution in [2.24, 2.45) is 12.0 Å². The van der Waals surface area contributed by atoms with E-state index in [4.69, 9.17) is 9.98 Å². The van der Waals surface area contributed by atoms with Crippen molar-refractivity contribution in [1.82, 2.24) is 25.4 Å². The maximum atomic E-state index is 4.72. The van der Waals surface area contributed by atoms with Gasteiger partial charge in [-0.1, -0.05) is 30.3 Å². The highest BCUT2D eigenvalue weighted by molar-refractivity contribution is 14.0. The van der Waals surface area contributed by atoms with Crippen LogP contribution in [-0.2, 0) is 20.1 Å². The summed E-state index contributed by atoms with van der Waals surface area (Å²) in [4.78, 5) is 9.44. The second-order valence-electron chi connectivity index (χ2n) is 6.33. The first-order valence-electron chi connectivity index (χ1n) is 9.09. The molecule has 0 spiro atoms. The molecule has 0 fully saturated rings. The highest BCUT2D eigenvalue weighted by Crippen LogP contribution is 2.23. The first kappa shape index (κ1) is 22.4. The van der Waals surface area contributed by atoms with Crippen molar-refractivity contribution in [3.63, 3.8) is 0 Å². The van der Waals surface area contributed by atoms with Crippen molar-refractivity contribution in [2.75, 3.05) is 6.54 Å². The average Bonchev–Trinajstić information content (AvgIpc) is 3.24. The molecule has 2 N–H and O–H groups in total. The zero-order valence-electron chi connectivity index (χ0n) is 16.7. The predicted molar refractivity (Wildman–Crippen MR) is 127 cm³/mol. The lowest BCUT2D eigenvalue weighted by Crippen LogP contribution is -2.36. The average molecular weight is 510 g/mol. The molecule has 0 radical (unpaired) electrons. The fourth-order valence-electron chi connectivity index (χ4n) is 2.82. The molecule has 8 heteroatoms. The third-order valence-electron chi connectivity index (χ3n) is 4.41. The van der Waals surface area contributed by atoms with Crippen LogP contribution in [0.15, 0.2) is 40.7 Å². The topological polar surface area (TPSA) is 67.1 Å². The Morgan fingerprint density at radius 1 is 1.18 bits per heavy atom. The second-order valence-corrected chi connectivity index (χ2v) is 7.19. The van der Waals surface area contributed by atoms with Crippen LogP contribution >= 0.6 is 35.3 Å². The molecule has 0 bridgehead atoms. The normalized spacial score (nSPS) is 11.2. The van der Waals surface area contributed by atoms with Crippen LogP contribution in [0.25, 0.3) is 10.6 Å². The van der Waals surface area contributed by atoms with E-state index in [0.29, 0.717) is 13.1 Å². The SMILES string of the molecule is CCNC(=NCc1c(C)nn(C)c1C)NCc1csc(-c2ccccc2)n1.I. The minimum Gasteiger partial charge on any atom is -0.357 e. The minimum absolute atomic E-state index is 0. The summed E-state index contributed by atoms with van der Waals surface area (Å²) in [5, 5.41) is 14.3. The third-order valence-corrected chi connectivity index (χ3v) is 5.35. The van der Waals surface area contributed by atoms with Crippen LogP contribution in [-0.4, -0.2) is 27.3 Å². The molecule has 2 aromatic heterocycles. The highest BCUT2D eigenvalue weighted by atomic mass is 127. The van der Waals surface area contributed by atoms with Crippen molar-refractivity contribution >= 4 is 41.3 Å². The minimum atomic E-state index is 0. The molecule has 28 heavy (non-hydrogen) atoms. The van der Waals surface area contributed by atoms with E-state index in [0.717, 1.165) is 40.2 Å². The molecular weight excluding hydrogens is 483 g/mol. The number of aliphatic imine (C=N–C) groups is 1. The summed E-state index contributed by atoms with van der Waals surface area (Å²) in [5.74, 6) is 0.786. The van der Waals surface area contributed by atoms with Crippen molar-refractivity contribution in [3.05, 3.63) is 58.4 Å². The van der Waals surface area contributed by atoms with Crippen LogP contribution in [0, 0.1) is 13.8 Å². The van der Waals surface area contributed by atoms with E-state index in [1.165, 1.54) is 5.56 Å². The lowest BCUT2D eigenvalue weighted by molar-refractivity contribution is 0.730. The number of nitrogens with zero attached hydrogens (tertiary/aromatic N) is 4. The first-order valence-corrected chi connectivity index (χ1v) is 9.97. The van der Waals surface area contributed by atoms with E-state index in [1.807, 2.05) is 36.9 Å². The Balaban J connectivity index is 0.00000280. The summed E-state index contributed by atoms with van der Waals surface area (Å²) in [6.07, 6.45) is 0. The maximum Gasteiger partial charge on any atom is 0.191 e. The number of halogens is 1. The van der Waals surface area contributed by atoms with Crippen LogP contribution in [0.3, 0.4) is 0 Å². The Hall–Kier alpha value is -1.94. The zero-order chi connectivity index (χ0) is 19.2. The molecule has 6 nitrogen and oxygen atoms in total. The Morgan fingerprint density at radius 2 is 1.93 bits per heavy atom. The molecule has 0 unspecified atom stereocenters. The van der Waals surface area contributed by atoms with Gasteiger partial charge in [-0.3, -0.25) is 4.68 Å². The molecule has 0 aliphatic rings. The molecule has 0 saturated carbocycles. The molecule has 0 aliphatic carbocycles. The summed E-state index contributed by atoms with van der Waals surface area (Å²) in [5.41, 5.74) is 5.52. The third kappa shape index (κ3) is 5.54. The molecule has 1 aromatic carbocycles. The number of aromatic nitrogens is 3. The number of hydrogen-bond donors (Lipinski definition) is 2. The van der Waals surface area contributed by atoms with Gasteiger partial charge in [-0.15, -0.1) is 35.3 Å². The number of benzene rings is 1. The van der Waals surface area contributed by atoms with Gasteiger partial charge in [0.25, 0.3) is 0 Å². The summed E-state index contributed by atoms with van der Waals surface area (Å²) >= 11 is 1.66. The lowest BCUT2D eigenvalue weighted by atomic mass is 10.2. The van der Waals surface area contributed by atoms with Crippen LogP contribution in [0.5, 0.6) is 0 Å². The van der Waals surface area contributed by atoms with Crippen LogP contribution in [0.2, 0.25) is 0 Å². The van der Waals surface area contributed by atoms with Gasteiger partial charge in [0.1, 0.15) is 5.01 Å². The van der Waals surface area contributed by atoms with Gasteiger partial charge >= 0.3 is 0 Å². The Morgan fingerprint density at radius 3 is 2.57 bits per heavy atom. The Labute approximate surface area is 187 Å². The molecule has 2 heterocycles. The monoisotopic (exact) mass is 510 g/mol. The van der Waals surface area contributed by atoms with E-state index in [2.05, 4.69) is 47.1 Å². The molecule has 150 valence electrons. The molecule has 0 saturated heterocycles. The van der Waals surface area contributed by atoms with Crippen molar-refractivity contribution in [2.45, 2.75) is 33.9 Å². The van der Waals surface area contributed by atoms with E-state index < -0.39 is 0 Å². The number of thiazole rings is 1. The van der Waals surface area contributed by atoms with Gasteiger partial charge in [0, 0.05) is 35.8 Å². The summed E-state index contributed by atoms with van der Waals surface area (Å²) < 4.78 is 1.90. The first-order chi connectivity index (χ1) is 13.1. The number of rotatable bonds is 6. The van der Waals surface area contributed by atoms with E-state index in [-0.39, 0.29) is 24.0 Å². The Bertz CT molecular complexity index is 916. The largest absolute Gasteiger partial charge is 0.357 e. The fourth-order valence-corrected chi connectivity index (χ4v) is 3.65. The number of aryl methyl sites for hydroxylation is 2.